The molecular weight excluding hydrogens is 181 g/mol. The largest absolute Gasteiger partial charge is 0.573 e. The summed E-state index contributed by atoms with van der Waals surface area (Å²) in [5.41, 5.74) is 0. The fourth-order valence-corrected chi connectivity index (χ4v) is 1.16. The van der Waals surface area contributed by atoms with Crippen LogP contribution < -0.4 is 0 Å². The summed E-state index contributed by atoms with van der Waals surface area (Å²) in [6, 6.07) is 0. The number of hydrogen-bond acceptors (Lipinski definition) is 1. The van der Waals surface area contributed by atoms with Gasteiger partial charge in [0.05, 0.1) is 0 Å². The molecule has 1 nitrogen and oxygen atoms in total. The normalized spacial score (nSPS) is 22.8. The summed E-state index contributed by atoms with van der Waals surface area (Å²) in [5.74, 6) is 0.248. The highest BCUT2D eigenvalue weighted by Gasteiger charge is 2.31. The molecule has 0 aliphatic heterocycles. The van der Waals surface area contributed by atoms with Gasteiger partial charge in [-0.05, 0) is 30.9 Å². The number of alkyl halides is 3. The molecule has 4 heteroatoms. The zero-order valence-corrected chi connectivity index (χ0v) is 7.27. The number of rotatable bonds is 2. The molecule has 0 bridgehead atoms. The van der Waals surface area contributed by atoms with Crippen LogP contribution >= 0.6 is 0 Å². The van der Waals surface area contributed by atoms with Gasteiger partial charge in [-0.2, -0.15) is 0 Å². The maximum Gasteiger partial charge on any atom is 0.573 e. The van der Waals surface area contributed by atoms with Crippen LogP contribution in [0.5, 0.6) is 0 Å². The second-order valence-electron chi connectivity index (χ2n) is 2.92. The van der Waals surface area contributed by atoms with E-state index in [2.05, 4.69) is 4.74 Å². The Bertz CT molecular complexity index is 228. The van der Waals surface area contributed by atoms with E-state index < -0.39 is 6.36 Å². The molecule has 0 aromatic carbocycles. The molecule has 0 aromatic heterocycles. The lowest BCUT2D eigenvalue weighted by molar-refractivity contribution is -0.303. The molecule has 0 spiro atoms. The molecule has 1 atom stereocenters. The highest BCUT2D eigenvalue weighted by Crippen LogP contribution is 2.26. The van der Waals surface area contributed by atoms with Gasteiger partial charge in [-0.1, -0.05) is 13.0 Å². The Hall–Kier alpha value is -0.930. The topological polar surface area (TPSA) is 9.23 Å². The van der Waals surface area contributed by atoms with E-state index in [0.29, 0.717) is 12.3 Å². The van der Waals surface area contributed by atoms with Gasteiger partial charge >= 0.3 is 6.36 Å². The molecule has 0 saturated carbocycles. The van der Waals surface area contributed by atoms with Crippen molar-refractivity contribution in [3.05, 3.63) is 24.0 Å². The Morgan fingerprint density at radius 3 is 2.62 bits per heavy atom. The smallest absolute Gasteiger partial charge is 0.406 e. The second kappa shape index (κ2) is 3.85. The molecule has 0 heterocycles. The lowest BCUT2D eigenvalue weighted by atomic mass is 9.98. The van der Waals surface area contributed by atoms with Crippen molar-refractivity contribution >= 4 is 0 Å². The first-order valence-corrected chi connectivity index (χ1v) is 4.15. The summed E-state index contributed by atoms with van der Waals surface area (Å²) in [6.45, 7) is 2.00. The van der Waals surface area contributed by atoms with E-state index >= 15 is 0 Å². The first kappa shape index (κ1) is 10.2. The molecule has 74 valence electrons. The number of allylic oxidation sites excluding steroid dienone is 3. The first-order chi connectivity index (χ1) is 6.01. The minimum atomic E-state index is -4.57. The fraction of sp³-hybridized carbons (Fsp3) is 0.556. The van der Waals surface area contributed by atoms with Crippen LogP contribution in [-0.4, -0.2) is 6.36 Å². The van der Waals surface area contributed by atoms with Gasteiger partial charge in [-0.25, -0.2) is 0 Å². The predicted octanol–water partition coefficient (Wildman–Crippen LogP) is 3.39. The fourth-order valence-electron chi connectivity index (χ4n) is 1.16. The minimum absolute atomic E-state index is 0.0998. The van der Waals surface area contributed by atoms with Crippen LogP contribution in [0.15, 0.2) is 24.0 Å². The minimum Gasteiger partial charge on any atom is -0.406 e. The SMILES string of the molecule is CCC1C=CC(OC(F)(F)F)=CC1. The van der Waals surface area contributed by atoms with Gasteiger partial charge in [0.25, 0.3) is 0 Å². The first-order valence-electron chi connectivity index (χ1n) is 4.15. The average Bonchev–Trinajstić information content (AvgIpc) is 2.03. The molecule has 0 radical (unpaired) electrons. The summed E-state index contributed by atoms with van der Waals surface area (Å²) < 4.78 is 38.9. The van der Waals surface area contributed by atoms with Crippen LogP contribution in [-0.2, 0) is 4.74 Å². The molecule has 0 fully saturated rings. The molecule has 1 unspecified atom stereocenters. The second-order valence-corrected chi connectivity index (χ2v) is 2.92. The summed E-state index contributed by atoms with van der Waals surface area (Å²) in [5, 5.41) is 0. The summed E-state index contributed by atoms with van der Waals surface area (Å²) in [4.78, 5) is 0. The van der Waals surface area contributed by atoms with Crippen molar-refractivity contribution in [1.82, 2.24) is 0 Å². The Kier molecular flexibility index (Phi) is 3.01. The van der Waals surface area contributed by atoms with E-state index in [-0.39, 0.29) is 5.76 Å². The lowest BCUT2D eigenvalue weighted by Gasteiger charge is -2.15. The molecule has 0 aromatic rings. The molecule has 1 rings (SSSR count). The van der Waals surface area contributed by atoms with Gasteiger partial charge < -0.3 is 4.74 Å². The van der Waals surface area contributed by atoms with E-state index in [9.17, 15) is 13.2 Å². The van der Waals surface area contributed by atoms with Crippen LogP contribution in [0, 0.1) is 5.92 Å². The summed E-state index contributed by atoms with van der Waals surface area (Å²) >= 11 is 0. The Morgan fingerprint density at radius 1 is 1.54 bits per heavy atom. The number of hydrogen-bond donors (Lipinski definition) is 0. The zero-order valence-electron chi connectivity index (χ0n) is 7.27. The van der Waals surface area contributed by atoms with Crippen molar-refractivity contribution in [3.8, 4) is 0 Å². The van der Waals surface area contributed by atoms with Crippen LogP contribution in [0.1, 0.15) is 19.8 Å². The lowest BCUT2D eigenvalue weighted by Crippen LogP contribution is -2.13. The van der Waals surface area contributed by atoms with Crippen LogP contribution in [0.2, 0.25) is 0 Å². The van der Waals surface area contributed by atoms with E-state index in [4.69, 9.17) is 0 Å². The Morgan fingerprint density at radius 2 is 2.23 bits per heavy atom. The third-order valence-electron chi connectivity index (χ3n) is 1.91. The molecule has 0 amide bonds. The third kappa shape index (κ3) is 3.53. The highest BCUT2D eigenvalue weighted by atomic mass is 19.4. The van der Waals surface area contributed by atoms with Crippen molar-refractivity contribution in [2.24, 2.45) is 5.92 Å². The maximum atomic E-state index is 11.7. The van der Waals surface area contributed by atoms with E-state index in [1.807, 2.05) is 6.92 Å². The molecule has 0 N–H and O–H groups in total. The van der Waals surface area contributed by atoms with Gasteiger partial charge in [-0.15, -0.1) is 13.2 Å². The standard InChI is InChI=1S/C9H11F3O/c1-2-7-3-5-8(6-4-7)13-9(10,11)12/h3,5-7H,2,4H2,1H3. The molecule has 0 saturated heterocycles. The van der Waals surface area contributed by atoms with E-state index in [0.717, 1.165) is 6.42 Å². The summed E-state index contributed by atoms with van der Waals surface area (Å²) in [6.07, 6.45) is 1.59. The monoisotopic (exact) mass is 192 g/mol. The molecule has 13 heavy (non-hydrogen) atoms. The Labute approximate surface area is 74.9 Å². The van der Waals surface area contributed by atoms with Gasteiger partial charge in [0, 0.05) is 0 Å². The molecule has 1 aliphatic carbocycles. The molecule has 1 aliphatic rings. The van der Waals surface area contributed by atoms with E-state index in [1.165, 1.54) is 12.2 Å². The van der Waals surface area contributed by atoms with Gasteiger partial charge in [-0.3, -0.25) is 0 Å². The average molecular weight is 192 g/mol. The van der Waals surface area contributed by atoms with Crippen molar-refractivity contribution in [1.29, 1.82) is 0 Å². The van der Waals surface area contributed by atoms with Gasteiger partial charge in [0.15, 0.2) is 0 Å². The van der Waals surface area contributed by atoms with Crippen LogP contribution in [0.25, 0.3) is 0 Å². The predicted molar refractivity (Wildman–Crippen MR) is 42.8 cm³/mol. The van der Waals surface area contributed by atoms with Gasteiger partial charge in [0.1, 0.15) is 5.76 Å². The van der Waals surface area contributed by atoms with Gasteiger partial charge in [0.2, 0.25) is 0 Å². The summed E-state index contributed by atoms with van der Waals surface area (Å²) in [7, 11) is 0. The van der Waals surface area contributed by atoms with Crippen LogP contribution in [0.4, 0.5) is 13.2 Å². The Balaban J connectivity index is 2.48. The van der Waals surface area contributed by atoms with Crippen molar-refractivity contribution in [3.63, 3.8) is 0 Å². The van der Waals surface area contributed by atoms with Crippen molar-refractivity contribution in [2.45, 2.75) is 26.1 Å². The molecular formula is C9H11F3O. The van der Waals surface area contributed by atoms with Crippen LogP contribution in [0.3, 0.4) is 0 Å². The third-order valence-corrected chi connectivity index (χ3v) is 1.91. The zero-order chi connectivity index (χ0) is 9.90. The quantitative estimate of drug-likeness (QED) is 0.651. The maximum absolute atomic E-state index is 11.7. The van der Waals surface area contributed by atoms with Crippen molar-refractivity contribution in [2.75, 3.05) is 0 Å². The number of halogens is 3. The van der Waals surface area contributed by atoms with Crippen molar-refractivity contribution < 1.29 is 17.9 Å². The number of ether oxygens (including phenoxy) is 1. The van der Waals surface area contributed by atoms with E-state index in [1.54, 1.807) is 6.08 Å². The highest BCUT2D eigenvalue weighted by molar-refractivity contribution is 5.18.